The molecule has 0 aliphatic heterocycles. The van der Waals surface area contributed by atoms with Gasteiger partial charge in [-0.05, 0) is 11.5 Å². The zero-order valence-electron chi connectivity index (χ0n) is 9.97. The maximum atomic E-state index is 11.8. The van der Waals surface area contributed by atoms with E-state index >= 15 is 0 Å². The third kappa shape index (κ3) is 3.51. The van der Waals surface area contributed by atoms with E-state index in [4.69, 9.17) is 5.11 Å². The van der Waals surface area contributed by atoms with Crippen molar-refractivity contribution in [2.45, 2.75) is 26.8 Å². The molecule has 1 amide bonds. The molecule has 0 radical (unpaired) electrons. The molecule has 0 spiro atoms. The number of nitrogens with zero attached hydrogens (tertiary/aromatic N) is 2. The highest BCUT2D eigenvalue weighted by Gasteiger charge is 2.32. The topological polar surface area (TPSA) is 92.2 Å². The summed E-state index contributed by atoms with van der Waals surface area (Å²) in [6.07, 6.45) is 2.67. The fourth-order valence-corrected chi connectivity index (χ4v) is 1.29. The van der Waals surface area contributed by atoms with Crippen molar-refractivity contribution >= 4 is 11.9 Å². The van der Waals surface area contributed by atoms with Crippen molar-refractivity contribution in [3.8, 4) is 0 Å². The normalized spacial score (nSPS) is 12.9. The van der Waals surface area contributed by atoms with Gasteiger partial charge in [0.15, 0.2) is 0 Å². The van der Waals surface area contributed by atoms with Crippen molar-refractivity contribution < 1.29 is 14.7 Å². The van der Waals surface area contributed by atoms with Gasteiger partial charge in [-0.25, -0.2) is 4.79 Å². The molecule has 1 unspecified atom stereocenters. The number of carboxylic acids is 1. The van der Waals surface area contributed by atoms with Crippen molar-refractivity contribution in [1.29, 1.82) is 0 Å². The van der Waals surface area contributed by atoms with Crippen LogP contribution in [0, 0.1) is 5.41 Å². The average Bonchev–Trinajstić information content (AvgIpc) is 2.24. The van der Waals surface area contributed by atoms with Gasteiger partial charge in [0.1, 0.15) is 6.04 Å². The third-order valence-electron chi connectivity index (χ3n) is 2.23. The number of carbonyl (C=O) groups is 2. The van der Waals surface area contributed by atoms with Crippen molar-refractivity contribution in [2.75, 3.05) is 0 Å². The fourth-order valence-electron chi connectivity index (χ4n) is 1.29. The van der Waals surface area contributed by atoms with Gasteiger partial charge in [-0.15, -0.1) is 0 Å². The average molecular weight is 237 g/mol. The molecule has 0 aromatic carbocycles. The van der Waals surface area contributed by atoms with E-state index < -0.39 is 23.3 Å². The lowest BCUT2D eigenvalue weighted by Crippen LogP contribution is -2.49. The molecule has 0 bridgehead atoms. The first kappa shape index (κ1) is 13.1. The summed E-state index contributed by atoms with van der Waals surface area (Å²) in [5, 5.41) is 18.6. The molecule has 0 aliphatic carbocycles. The Morgan fingerprint density at radius 3 is 2.41 bits per heavy atom. The van der Waals surface area contributed by atoms with E-state index in [1.807, 2.05) is 0 Å². The number of rotatable bonds is 3. The Balaban J connectivity index is 2.83. The Kier molecular flexibility index (Phi) is 3.77. The van der Waals surface area contributed by atoms with Crippen LogP contribution < -0.4 is 5.32 Å². The largest absolute Gasteiger partial charge is 0.480 e. The molecule has 17 heavy (non-hydrogen) atoms. The second-order valence-corrected chi connectivity index (χ2v) is 4.74. The summed E-state index contributed by atoms with van der Waals surface area (Å²) in [6, 6.07) is 0.521. The molecule has 1 aromatic heterocycles. The van der Waals surface area contributed by atoms with E-state index in [-0.39, 0.29) is 5.56 Å². The molecule has 0 saturated carbocycles. The van der Waals surface area contributed by atoms with Crippen LogP contribution in [0.2, 0.25) is 0 Å². The number of hydrogen-bond acceptors (Lipinski definition) is 4. The van der Waals surface area contributed by atoms with Crippen molar-refractivity contribution in [3.63, 3.8) is 0 Å². The van der Waals surface area contributed by atoms with Gasteiger partial charge in [0.25, 0.3) is 5.91 Å². The predicted molar refractivity (Wildman–Crippen MR) is 60.4 cm³/mol. The van der Waals surface area contributed by atoms with Gasteiger partial charge in [-0.1, -0.05) is 20.8 Å². The molecule has 0 saturated heterocycles. The van der Waals surface area contributed by atoms with E-state index in [9.17, 15) is 9.59 Å². The molecule has 1 heterocycles. The van der Waals surface area contributed by atoms with E-state index in [2.05, 4.69) is 15.5 Å². The number of aromatic nitrogens is 2. The summed E-state index contributed by atoms with van der Waals surface area (Å²) in [6.45, 7) is 5.24. The first-order chi connectivity index (χ1) is 7.82. The summed E-state index contributed by atoms with van der Waals surface area (Å²) >= 11 is 0. The lowest BCUT2D eigenvalue weighted by Gasteiger charge is -2.27. The predicted octanol–water partition coefficient (Wildman–Crippen LogP) is 0.706. The molecule has 2 N–H and O–H groups in total. The minimum Gasteiger partial charge on any atom is -0.480 e. The van der Waals surface area contributed by atoms with Crippen molar-refractivity contribution in [2.24, 2.45) is 5.41 Å². The monoisotopic (exact) mass is 237 g/mol. The Morgan fingerprint density at radius 1 is 1.35 bits per heavy atom. The van der Waals surface area contributed by atoms with Gasteiger partial charge in [0, 0.05) is 0 Å². The lowest BCUT2D eigenvalue weighted by molar-refractivity contribution is -0.142. The molecule has 6 nitrogen and oxygen atoms in total. The van der Waals surface area contributed by atoms with Crippen LogP contribution in [-0.2, 0) is 4.79 Å². The highest BCUT2D eigenvalue weighted by atomic mass is 16.4. The summed E-state index contributed by atoms with van der Waals surface area (Å²) in [7, 11) is 0. The quantitative estimate of drug-likeness (QED) is 0.807. The van der Waals surface area contributed by atoms with E-state index in [1.54, 1.807) is 20.8 Å². The van der Waals surface area contributed by atoms with Gasteiger partial charge < -0.3 is 10.4 Å². The first-order valence-electron chi connectivity index (χ1n) is 5.12. The van der Waals surface area contributed by atoms with Crippen LogP contribution in [0.1, 0.15) is 31.1 Å². The van der Waals surface area contributed by atoms with Gasteiger partial charge in [-0.3, -0.25) is 4.79 Å². The standard InChI is InChI=1S/C11H15N3O3/c1-11(2,3)8(10(16)17)14-9(15)7-4-5-12-13-6-7/h4-6,8H,1-3H3,(H,14,15)(H,16,17). The molecule has 6 heteroatoms. The van der Waals surface area contributed by atoms with E-state index in [1.165, 1.54) is 18.5 Å². The molecule has 1 aromatic rings. The summed E-state index contributed by atoms with van der Waals surface area (Å²) < 4.78 is 0. The van der Waals surface area contributed by atoms with E-state index in [0.717, 1.165) is 0 Å². The summed E-state index contributed by atoms with van der Waals surface area (Å²) in [4.78, 5) is 22.8. The molecule has 0 aliphatic rings. The number of carboxylic acid groups (broad SMARTS) is 1. The van der Waals surface area contributed by atoms with Crippen LogP contribution in [0.15, 0.2) is 18.5 Å². The maximum absolute atomic E-state index is 11.8. The smallest absolute Gasteiger partial charge is 0.326 e. The van der Waals surface area contributed by atoms with Gasteiger partial charge in [-0.2, -0.15) is 10.2 Å². The maximum Gasteiger partial charge on any atom is 0.326 e. The van der Waals surface area contributed by atoms with Gasteiger partial charge in [0.2, 0.25) is 0 Å². The van der Waals surface area contributed by atoms with E-state index in [0.29, 0.717) is 0 Å². The highest BCUT2D eigenvalue weighted by molar-refractivity contribution is 5.96. The van der Waals surface area contributed by atoms with Gasteiger partial charge >= 0.3 is 5.97 Å². The fraction of sp³-hybridized carbons (Fsp3) is 0.455. The zero-order valence-corrected chi connectivity index (χ0v) is 9.97. The minimum absolute atomic E-state index is 0.288. The summed E-state index contributed by atoms with van der Waals surface area (Å²) in [5.74, 6) is -1.53. The number of carbonyl (C=O) groups excluding carboxylic acids is 1. The molecule has 0 fully saturated rings. The number of aliphatic carboxylic acids is 1. The Hall–Kier alpha value is -1.98. The molecule has 1 atom stereocenters. The molecular weight excluding hydrogens is 222 g/mol. The first-order valence-corrected chi connectivity index (χ1v) is 5.12. The Bertz CT molecular complexity index is 412. The van der Waals surface area contributed by atoms with Crippen LogP contribution in [0.4, 0.5) is 0 Å². The van der Waals surface area contributed by atoms with Gasteiger partial charge in [0.05, 0.1) is 18.0 Å². The second-order valence-electron chi connectivity index (χ2n) is 4.74. The van der Waals surface area contributed by atoms with Crippen molar-refractivity contribution in [3.05, 3.63) is 24.0 Å². The number of nitrogens with one attached hydrogen (secondary N) is 1. The number of hydrogen-bond donors (Lipinski definition) is 2. The van der Waals surface area contributed by atoms with Crippen LogP contribution in [0.5, 0.6) is 0 Å². The minimum atomic E-state index is -1.06. The Labute approximate surface area is 99.1 Å². The molecule has 92 valence electrons. The molecular formula is C11H15N3O3. The van der Waals surface area contributed by atoms with Crippen LogP contribution >= 0.6 is 0 Å². The second kappa shape index (κ2) is 4.90. The van der Waals surface area contributed by atoms with Crippen molar-refractivity contribution in [1.82, 2.24) is 15.5 Å². The Morgan fingerprint density at radius 2 is 2.00 bits per heavy atom. The third-order valence-corrected chi connectivity index (χ3v) is 2.23. The number of amides is 1. The zero-order chi connectivity index (χ0) is 13.1. The van der Waals surface area contributed by atoms with Crippen LogP contribution in [-0.4, -0.2) is 33.2 Å². The highest BCUT2D eigenvalue weighted by Crippen LogP contribution is 2.19. The SMILES string of the molecule is CC(C)(C)C(NC(=O)c1ccnnc1)C(=O)O. The van der Waals surface area contributed by atoms with Crippen LogP contribution in [0.3, 0.4) is 0 Å². The molecule has 1 rings (SSSR count). The van der Waals surface area contributed by atoms with Crippen LogP contribution in [0.25, 0.3) is 0 Å². The lowest BCUT2D eigenvalue weighted by atomic mass is 9.86. The summed E-state index contributed by atoms with van der Waals surface area (Å²) in [5.41, 5.74) is -0.280.